The second kappa shape index (κ2) is 6.64. The summed E-state index contributed by atoms with van der Waals surface area (Å²) in [6.07, 6.45) is 0.838. The highest BCUT2D eigenvalue weighted by atomic mass is 127. The third-order valence-corrected chi connectivity index (χ3v) is 5.99. The first-order valence-corrected chi connectivity index (χ1v) is 9.27. The van der Waals surface area contributed by atoms with E-state index >= 15 is 0 Å². The number of hydrogen-bond donors (Lipinski definition) is 1. The van der Waals surface area contributed by atoms with Crippen LogP contribution in [0.25, 0.3) is 0 Å². The number of carbonyl (C=O) groups excluding carboxylic acids is 2. The molecule has 1 saturated heterocycles. The largest absolute Gasteiger partial charge is 0.478 e. The van der Waals surface area contributed by atoms with Gasteiger partial charge in [0.15, 0.2) is 0 Å². The van der Waals surface area contributed by atoms with E-state index in [0.29, 0.717) is 29.2 Å². The van der Waals surface area contributed by atoms with Gasteiger partial charge in [-0.1, -0.05) is 6.92 Å². The molecule has 1 atom stereocenters. The lowest BCUT2D eigenvalue weighted by molar-refractivity contribution is -0.131. The Morgan fingerprint density at radius 3 is 2.48 bits per heavy atom. The molecule has 2 amide bonds. The van der Waals surface area contributed by atoms with Gasteiger partial charge in [0.1, 0.15) is 0 Å². The van der Waals surface area contributed by atoms with Crippen molar-refractivity contribution in [2.24, 2.45) is 5.92 Å². The van der Waals surface area contributed by atoms with Crippen LogP contribution in [-0.2, 0) is 9.59 Å². The molecule has 112 valence electrons. The van der Waals surface area contributed by atoms with Crippen LogP contribution in [0.1, 0.15) is 30.1 Å². The lowest BCUT2D eigenvalue weighted by Crippen LogP contribution is -2.45. The number of benzene rings is 1. The van der Waals surface area contributed by atoms with Crippen molar-refractivity contribution in [3.8, 4) is 0 Å². The van der Waals surface area contributed by atoms with Crippen molar-refractivity contribution >= 4 is 91.2 Å². The summed E-state index contributed by atoms with van der Waals surface area (Å²) in [6, 6.07) is 1.68. The van der Waals surface area contributed by atoms with E-state index in [-0.39, 0.29) is 23.3 Å². The van der Waals surface area contributed by atoms with Gasteiger partial charge in [0.05, 0.1) is 14.8 Å². The van der Waals surface area contributed by atoms with Crippen LogP contribution >= 0.6 is 67.8 Å². The lowest BCUT2D eigenvalue weighted by Gasteiger charge is -2.30. The predicted octanol–water partition coefficient (Wildman–Crippen LogP) is 3.49. The summed E-state index contributed by atoms with van der Waals surface area (Å²) in [4.78, 5) is 37.1. The first-order valence-electron chi connectivity index (χ1n) is 6.03. The summed E-state index contributed by atoms with van der Waals surface area (Å²) in [6.45, 7) is 1.78. The van der Waals surface area contributed by atoms with Gasteiger partial charge in [-0.05, 0) is 80.3 Å². The summed E-state index contributed by atoms with van der Waals surface area (Å²) in [5, 5.41) is 9.34. The highest BCUT2D eigenvalue weighted by Crippen LogP contribution is 2.37. The van der Waals surface area contributed by atoms with E-state index in [1.807, 2.05) is 67.8 Å². The molecule has 1 aliphatic rings. The first kappa shape index (κ1) is 17.4. The maximum Gasteiger partial charge on any atom is 0.337 e. The Balaban J connectivity index is 2.68. The summed E-state index contributed by atoms with van der Waals surface area (Å²) in [7, 11) is 0. The molecule has 0 saturated carbocycles. The van der Waals surface area contributed by atoms with Crippen molar-refractivity contribution in [2.75, 3.05) is 4.90 Å². The van der Waals surface area contributed by atoms with Crippen LogP contribution in [0.5, 0.6) is 0 Å². The molecule has 1 aliphatic heterocycles. The number of carbonyl (C=O) groups is 3. The molecule has 1 unspecified atom stereocenters. The number of hydrogen-bond acceptors (Lipinski definition) is 3. The number of anilines is 1. The van der Waals surface area contributed by atoms with Crippen molar-refractivity contribution in [1.29, 1.82) is 0 Å². The summed E-state index contributed by atoms with van der Waals surface area (Å²) in [5.41, 5.74) is 0.529. The second-order valence-corrected chi connectivity index (χ2v) is 8.09. The maximum absolute atomic E-state index is 12.4. The Morgan fingerprint density at radius 2 is 1.90 bits per heavy atom. The van der Waals surface area contributed by atoms with Crippen molar-refractivity contribution in [3.63, 3.8) is 0 Å². The zero-order valence-corrected chi connectivity index (χ0v) is 17.3. The van der Waals surface area contributed by atoms with Gasteiger partial charge in [0, 0.05) is 19.5 Å². The number of rotatable bonds is 2. The van der Waals surface area contributed by atoms with Crippen molar-refractivity contribution < 1.29 is 19.5 Å². The fourth-order valence-electron chi connectivity index (χ4n) is 2.13. The Morgan fingerprint density at radius 1 is 1.29 bits per heavy atom. The predicted molar refractivity (Wildman–Crippen MR) is 102 cm³/mol. The van der Waals surface area contributed by atoms with E-state index in [1.165, 1.54) is 0 Å². The van der Waals surface area contributed by atoms with E-state index in [9.17, 15) is 19.5 Å². The number of amides is 2. The average Bonchev–Trinajstić information content (AvgIpc) is 2.37. The molecular formula is C13H10I3NO4. The monoisotopic (exact) mass is 625 g/mol. The highest BCUT2D eigenvalue weighted by molar-refractivity contribution is 14.1. The van der Waals surface area contributed by atoms with Gasteiger partial charge < -0.3 is 5.11 Å². The fraction of sp³-hybridized carbons (Fsp3) is 0.308. The molecule has 0 radical (unpaired) electrons. The zero-order valence-electron chi connectivity index (χ0n) is 10.8. The molecule has 0 aromatic heterocycles. The van der Waals surface area contributed by atoms with Crippen LogP contribution in [0.2, 0.25) is 0 Å². The second-order valence-electron chi connectivity index (χ2n) is 4.69. The maximum atomic E-state index is 12.4. The van der Waals surface area contributed by atoms with Gasteiger partial charge in [-0.25, -0.2) is 9.69 Å². The van der Waals surface area contributed by atoms with Crippen LogP contribution in [-0.4, -0.2) is 22.9 Å². The normalized spacial score (nSPS) is 19.0. The van der Waals surface area contributed by atoms with Crippen molar-refractivity contribution in [1.82, 2.24) is 0 Å². The van der Waals surface area contributed by atoms with Crippen molar-refractivity contribution in [3.05, 3.63) is 22.3 Å². The third kappa shape index (κ3) is 3.21. The zero-order chi connectivity index (χ0) is 15.9. The number of piperidine rings is 1. The van der Waals surface area contributed by atoms with E-state index < -0.39 is 5.97 Å². The minimum absolute atomic E-state index is 0.130. The summed E-state index contributed by atoms with van der Waals surface area (Å²) >= 11 is 5.88. The van der Waals surface area contributed by atoms with E-state index in [4.69, 9.17) is 0 Å². The molecule has 2 rings (SSSR count). The fourth-order valence-corrected chi connectivity index (χ4v) is 6.45. The topological polar surface area (TPSA) is 74.7 Å². The first-order chi connectivity index (χ1) is 9.75. The Kier molecular flexibility index (Phi) is 5.50. The van der Waals surface area contributed by atoms with E-state index in [1.54, 1.807) is 13.0 Å². The Hall–Kier alpha value is 0.0200. The van der Waals surface area contributed by atoms with Gasteiger partial charge >= 0.3 is 5.97 Å². The molecule has 5 nitrogen and oxygen atoms in total. The van der Waals surface area contributed by atoms with Gasteiger partial charge in [-0.3, -0.25) is 9.59 Å². The Labute approximate surface area is 162 Å². The molecular weight excluding hydrogens is 615 g/mol. The van der Waals surface area contributed by atoms with Gasteiger partial charge in [-0.15, -0.1) is 0 Å². The smallest absolute Gasteiger partial charge is 0.337 e. The summed E-state index contributed by atoms with van der Waals surface area (Å²) in [5.74, 6) is -1.83. The van der Waals surface area contributed by atoms with E-state index in [0.717, 1.165) is 4.90 Å². The standard InChI is InChI=1S/C13H10I3NO4/c1-5-2-3-8(18)17(12(5)19)11-7(15)4-6(14)9(10(11)16)13(20)21/h4-5H,2-3H2,1H3,(H,20,21). The van der Waals surface area contributed by atoms with Gasteiger partial charge in [0.25, 0.3) is 0 Å². The number of imide groups is 1. The van der Waals surface area contributed by atoms with Gasteiger partial charge in [-0.2, -0.15) is 0 Å². The molecule has 1 N–H and O–H groups in total. The van der Waals surface area contributed by atoms with Crippen LogP contribution in [0.3, 0.4) is 0 Å². The number of carboxylic acids is 1. The van der Waals surface area contributed by atoms with Crippen molar-refractivity contribution in [2.45, 2.75) is 19.8 Å². The molecule has 1 aromatic carbocycles. The number of halogens is 3. The SMILES string of the molecule is CC1CCC(=O)N(c2c(I)cc(I)c(C(=O)O)c2I)C1=O. The molecule has 1 aromatic rings. The molecule has 1 fully saturated rings. The van der Waals surface area contributed by atoms with Crippen LogP contribution in [0, 0.1) is 16.6 Å². The highest BCUT2D eigenvalue weighted by Gasteiger charge is 2.36. The number of nitrogens with zero attached hydrogens (tertiary/aromatic N) is 1. The summed E-state index contributed by atoms with van der Waals surface area (Å²) < 4.78 is 1.71. The van der Waals surface area contributed by atoms with Crippen LogP contribution < -0.4 is 4.90 Å². The van der Waals surface area contributed by atoms with Crippen LogP contribution in [0.4, 0.5) is 5.69 Å². The number of carboxylic acid groups (broad SMARTS) is 1. The molecule has 8 heteroatoms. The molecule has 0 spiro atoms. The van der Waals surface area contributed by atoms with E-state index in [2.05, 4.69) is 0 Å². The number of aromatic carboxylic acids is 1. The quantitative estimate of drug-likeness (QED) is 0.404. The molecule has 0 bridgehead atoms. The average molecular weight is 625 g/mol. The minimum Gasteiger partial charge on any atom is -0.478 e. The minimum atomic E-state index is -1.06. The Bertz CT molecular complexity index is 659. The third-order valence-electron chi connectivity index (χ3n) is 3.27. The lowest BCUT2D eigenvalue weighted by atomic mass is 9.97. The van der Waals surface area contributed by atoms with Gasteiger partial charge in [0.2, 0.25) is 11.8 Å². The molecule has 0 aliphatic carbocycles. The molecule has 1 heterocycles. The molecule has 21 heavy (non-hydrogen) atoms. The van der Waals surface area contributed by atoms with Crippen LogP contribution in [0.15, 0.2) is 6.07 Å².